The highest BCUT2D eigenvalue weighted by Crippen LogP contribution is 2.27. The SMILES string of the molecule is CCCCCNc1ncnc2c1[nH]c1ccc(F)cc12. The van der Waals surface area contributed by atoms with Crippen molar-refractivity contribution in [2.75, 3.05) is 11.9 Å². The fourth-order valence-electron chi connectivity index (χ4n) is 2.38. The molecule has 0 unspecified atom stereocenters. The summed E-state index contributed by atoms with van der Waals surface area (Å²) in [6.07, 6.45) is 5.01. The molecule has 0 saturated carbocycles. The van der Waals surface area contributed by atoms with Crippen LogP contribution in [0.1, 0.15) is 26.2 Å². The van der Waals surface area contributed by atoms with E-state index in [2.05, 4.69) is 27.2 Å². The molecule has 0 amide bonds. The summed E-state index contributed by atoms with van der Waals surface area (Å²) in [4.78, 5) is 11.8. The molecule has 0 aliphatic carbocycles. The van der Waals surface area contributed by atoms with Crippen molar-refractivity contribution in [3.05, 3.63) is 30.3 Å². The van der Waals surface area contributed by atoms with Gasteiger partial charge in [0.15, 0.2) is 5.82 Å². The van der Waals surface area contributed by atoms with Gasteiger partial charge in [-0.2, -0.15) is 0 Å². The Kier molecular flexibility index (Phi) is 3.50. The van der Waals surface area contributed by atoms with E-state index in [1.54, 1.807) is 6.07 Å². The third-order valence-corrected chi connectivity index (χ3v) is 3.42. The molecule has 5 heteroatoms. The van der Waals surface area contributed by atoms with Crippen LogP contribution in [0.3, 0.4) is 0 Å². The summed E-state index contributed by atoms with van der Waals surface area (Å²) >= 11 is 0. The number of anilines is 1. The summed E-state index contributed by atoms with van der Waals surface area (Å²) in [6.45, 7) is 3.05. The topological polar surface area (TPSA) is 53.6 Å². The van der Waals surface area contributed by atoms with E-state index in [-0.39, 0.29) is 5.82 Å². The zero-order chi connectivity index (χ0) is 13.9. The molecule has 104 valence electrons. The second-order valence-corrected chi connectivity index (χ2v) is 4.89. The zero-order valence-electron chi connectivity index (χ0n) is 11.4. The maximum Gasteiger partial charge on any atom is 0.153 e. The van der Waals surface area contributed by atoms with Crippen LogP contribution in [0.15, 0.2) is 24.5 Å². The van der Waals surface area contributed by atoms with Crippen LogP contribution in [0.2, 0.25) is 0 Å². The highest BCUT2D eigenvalue weighted by molar-refractivity contribution is 6.07. The normalized spacial score (nSPS) is 11.3. The van der Waals surface area contributed by atoms with Gasteiger partial charge in [0.25, 0.3) is 0 Å². The zero-order valence-corrected chi connectivity index (χ0v) is 11.4. The molecule has 0 bridgehead atoms. The van der Waals surface area contributed by atoms with Gasteiger partial charge < -0.3 is 10.3 Å². The monoisotopic (exact) mass is 272 g/mol. The van der Waals surface area contributed by atoms with Crippen LogP contribution in [0.25, 0.3) is 21.9 Å². The summed E-state index contributed by atoms with van der Waals surface area (Å²) in [5.41, 5.74) is 2.47. The minimum Gasteiger partial charge on any atom is -0.368 e. The number of hydrogen-bond acceptors (Lipinski definition) is 3. The number of nitrogens with one attached hydrogen (secondary N) is 2. The molecule has 0 radical (unpaired) electrons. The number of H-pyrrole nitrogens is 1. The number of benzene rings is 1. The average molecular weight is 272 g/mol. The largest absolute Gasteiger partial charge is 0.368 e. The van der Waals surface area contributed by atoms with Crippen LogP contribution in [0.4, 0.5) is 10.2 Å². The van der Waals surface area contributed by atoms with Crippen LogP contribution in [0.5, 0.6) is 0 Å². The lowest BCUT2D eigenvalue weighted by atomic mass is 10.2. The van der Waals surface area contributed by atoms with E-state index in [0.717, 1.165) is 40.7 Å². The Morgan fingerprint density at radius 1 is 1.25 bits per heavy atom. The van der Waals surface area contributed by atoms with Gasteiger partial charge in [0.1, 0.15) is 23.2 Å². The Labute approximate surface area is 116 Å². The molecule has 0 aliphatic heterocycles. The van der Waals surface area contributed by atoms with Crippen LogP contribution >= 0.6 is 0 Å². The van der Waals surface area contributed by atoms with E-state index < -0.39 is 0 Å². The van der Waals surface area contributed by atoms with Crippen molar-refractivity contribution in [2.24, 2.45) is 0 Å². The van der Waals surface area contributed by atoms with Gasteiger partial charge in [-0.1, -0.05) is 19.8 Å². The number of aromatic amines is 1. The summed E-state index contributed by atoms with van der Waals surface area (Å²) in [5.74, 6) is 0.525. The predicted molar refractivity (Wildman–Crippen MR) is 79.4 cm³/mol. The molecule has 20 heavy (non-hydrogen) atoms. The third kappa shape index (κ3) is 2.31. The molecular formula is C15H17FN4. The Morgan fingerprint density at radius 3 is 3.00 bits per heavy atom. The van der Waals surface area contributed by atoms with E-state index in [9.17, 15) is 4.39 Å². The highest BCUT2D eigenvalue weighted by atomic mass is 19.1. The van der Waals surface area contributed by atoms with Crippen molar-refractivity contribution in [2.45, 2.75) is 26.2 Å². The molecule has 0 atom stereocenters. The molecule has 4 nitrogen and oxygen atoms in total. The first kappa shape index (κ1) is 12.8. The van der Waals surface area contributed by atoms with Crippen molar-refractivity contribution < 1.29 is 4.39 Å². The van der Waals surface area contributed by atoms with Gasteiger partial charge in [0, 0.05) is 17.4 Å². The van der Waals surface area contributed by atoms with Crippen LogP contribution in [-0.4, -0.2) is 21.5 Å². The Balaban J connectivity index is 1.99. The van der Waals surface area contributed by atoms with Gasteiger partial charge in [-0.3, -0.25) is 0 Å². The predicted octanol–water partition coefficient (Wildman–Crippen LogP) is 3.85. The van der Waals surface area contributed by atoms with Crippen LogP contribution in [-0.2, 0) is 0 Å². The van der Waals surface area contributed by atoms with E-state index in [1.165, 1.54) is 31.3 Å². The molecule has 3 aromatic rings. The standard InChI is InChI=1S/C15H17FN4/c1-2-3-4-7-17-15-14-13(18-9-19-15)11-8-10(16)5-6-12(11)20-14/h5-6,8-9,20H,2-4,7H2,1H3,(H,17,18,19). The molecule has 1 aromatic carbocycles. The lowest BCUT2D eigenvalue weighted by Gasteiger charge is -2.05. The number of aromatic nitrogens is 3. The van der Waals surface area contributed by atoms with Crippen molar-refractivity contribution in [1.29, 1.82) is 0 Å². The van der Waals surface area contributed by atoms with Gasteiger partial charge in [-0.25, -0.2) is 14.4 Å². The average Bonchev–Trinajstić information content (AvgIpc) is 2.82. The maximum absolute atomic E-state index is 13.4. The fourth-order valence-corrected chi connectivity index (χ4v) is 2.38. The quantitative estimate of drug-likeness (QED) is 0.694. The van der Waals surface area contributed by atoms with Gasteiger partial charge in [-0.05, 0) is 24.6 Å². The third-order valence-electron chi connectivity index (χ3n) is 3.42. The first-order chi connectivity index (χ1) is 9.79. The molecule has 0 fully saturated rings. The van der Waals surface area contributed by atoms with Crippen molar-refractivity contribution in [1.82, 2.24) is 15.0 Å². The maximum atomic E-state index is 13.4. The van der Waals surface area contributed by atoms with E-state index >= 15 is 0 Å². The molecule has 0 spiro atoms. The Morgan fingerprint density at radius 2 is 2.15 bits per heavy atom. The number of nitrogens with zero attached hydrogens (tertiary/aromatic N) is 2. The Bertz CT molecular complexity index is 735. The van der Waals surface area contributed by atoms with Gasteiger partial charge in [0.2, 0.25) is 0 Å². The number of halogens is 1. The molecule has 2 N–H and O–H groups in total. The van der Waals surface area contributed by atoms with Gasteiger partial charge in [-0.15, -0.1) is 0 Å². The summed E-state index contributed by atoms with van der Waals surface area (Å²) < 4.78 is 13.4. The molecule has 0 aliphatic rings. The first-order valence-corrected chi connectivity index (χ1v) is 6.95. The second kappa shape index (κ2) is 5.45. The summed E-state index contributed by atoms with van der Waals surface area (Å²) in [5, 5.41) is 4.11. The fraction of sp³-hybridized carbons (Fsp3) is 0.333. The van der Waals surface area contributed by atoms with Crippen molar-refractivity contribution >= 4 is 27.8 Å². The van der Waals surface area contributed by atoms with Crippen LogP contribution in [0, 0.1) is 5.82 Å². The lowest BCUT2D eigenvalue weighted by Crippen LogP contribution is -2.04. The molecule has 0 saturated heterocycles. The lowest BCUT2D eigenvalue weighted by molar-refractivity contribution is 0.630. The minimum atomic E-state index is -0.255. The van der Waals surface area contributed by atoms with Crippen LogP contribution < -0.4 is 5.32 Å². The van der Waals surface area contributed by atoms with E-state index in [0.29, 0.717) is 0 Å². The molecular weight excluding hydrogens is 255 g/mol. The number of unbranched alkanes of at least 4 members (excludes halogenated alkanes) is 2. The van der Waals surface area contributed by atoms with E-state index in [1.807, 2.05) is 0 Å². The first-order valence-electron chi connectivity index (χ1n) is 6.95. The molecule has 2 aromatic heterocycles. The smallest absolute Gasteiger partial charge is 0.153 e. The van der Waals surface area contributed by atoms with Gasteiger partial charge >= 0.3 is 0 Å². The summed E-state index contributed by atoms with van der Waals surface area (Å²) in [6, 6.07) is 4.68. The Hall–Kier alpha value is -2.17. The summed E-state index contributed by atoms with van der Waals surface area (Å²) in [7, 11) is 0. The minimum absolute atomic E-state index is 0.255. The molecule has 2 heterocycles. The highest BCUT2D eigenvalue weighted by Gasteiger charge is 2.10. The molecule has 3 rings (SSSR count). The van der Waals surface area contributed by atoms with E-state index in [4.69, 9.17) is 0 Å². The number of rotatable bonds is 5. The van der Waals surface area contributed by atoms with Crippen molar-refractivity contribution in [3.63, 3.8) is 0 Å². The van der Waals surface area contributed by atoms with Gasteiger partial charge in [0.05, 0.1) is 0 Å². The number of hydrogen-bond donors (Lipinski definition) is 2. The second-order valence-electron chi connectivity index (χ2n) is 4.89. The van der Waals surface area contributed by atoms with Crippen molar-refractivity contribution in [3.8, 4) is 0 Å². The number of fused-ring (bicyclic) bond motifs is 3.